The van der Waals surface area contributed by atoms with Gasteiger partial charge >= 0.3 is 0 Å². The second-order valence-electron chi connectivity index (χ2n) is 4.13. The minimum absolute atomic E-state index is 0.0696. The number of hydrogen-bond acceptors (Lipinski definition) is 4. The van der Waals surface area contributed by atoms with Gasteiger partial charge in [0.1, 0.15) is 11.8 Å². The molecule has 0 N–H and O–H groups in total. The number of anilines is 1. The van der Waals surface area contributed by atoms with Gasteiger partial charge in [-0.15, -0.1) is 0 Å². The van der Waals surface area contributed by atoms with Gasteiger partial charge in [0, 0.05) is 13.3 Å². The van der Waals surface area contributed by atoms with E-state index in [1.165, 1.54) is 6.92 Å². The van der Waals surface area contributed by atoms with Gasteiger partial charge in [0.2, 0.25) is 0 Å². The SMILES string of the molecule is CC(=O)C1=NN(c2ccc(C)cc2)C(C#N)C1. The summed E-state index contributed by atoms with van der Waals surface area (Å²) >= 11 is 0. The molecule has 0 aliphatic carbocycles. The van der Waals surface area contributed by atoms with E-state index in [0.29, 0.717) is 12.1 Å². The van der Waals surface area contributed by atoms with Crippen LogP contribution in [0.5, 0.6) is 0 Å². The monoisotopic (exact) mass is 227 g/mol. The van der Waals surface area contributed by atoms with Crippen molar-refractivity contribution in [2.75, 3.05) is 5.01 Å². The Bertz CT molecular complexity index is 510. The highest BCUT2D eigenvalue weighted by atomic mass is 16.1. The first-order chi connectivity index (χ1) is 8.11. The van der Waals surface area contributed by atoms with Gasteiger partial charge in [-0.3, -0.25) is 4.79 Å². The maximum Gasteiger partial charge on any atom is 0.175 e. The summed E-state index contributed by atoms with van der Waals surface area (Å²) in [6.07, 6.45) is 0.402. The van der Waals surface area contributed by atoms with Crippen LogP contribution in [-0.2, 0) is 4.79 Å². The molecule has 1 heterocycles. The van der Waals surface area contributed by atoms with Crippen LogP contribution in [0.4, 0.5) is 5.69 Å². The van der Waals surface area contributed by atoms with Crippen LogP contribution in [0.1, 0.15) is 18.9 Å². The third-order valence-electron chi connectivity index (χ3n) is 2.76. The molecule has 0 fully saturated rings. The molecule has 17 heavy (non-hydrogen) atoms. The Labute approximate surface area is 100 Å². The lowest BCUT2D eigenvalue weighted by molar-refractivity contribution is -0.111. The van der Waals surface area contributed by atoms with Crippen molar-refractivity contribution in [3.8, 4) is 6.07 Å². The molecule has 86 valence electrons. The van der Waals surface area contributed by atoms with E-state index in [1.807, 2.05) is 31.2 Å². The number of carbonyl (C=O) groups excluding carboxylic acids is 1. The summed E-state index contributed by atoms with van der Waals surface area (Å²) in [5.41, 5.74) is 2.47. The first-order valence-electron chi connectivity index (χ1n) is 5.45. The predicted octanol–water partition coefficient (Wildman–Crippen LogP) is 2.04. The summed E-state index contributed by atoms with van der Waals surface area (Å²) in [4.78, 5) is 11.3. The Hall–Kier alpha value is -2.15. The van der Waals surface area contributed by atoms with Crippen molar-refractivity contribution >= 4 is 17.2 Å². The van der Waals surface area contributed by atoms with Gasteiger partial charge < -0.3 is 0 Å². The Morgan fingerprint density at radius 3 is 2.65 bits per heavy atom. The van der Waals surface area contributed by atoms with Crippen LogP contribution < -0.4 is 5.01 Å². The van der Waals surface area contributed by atoms with E-state index in [9.17, 15) is 4.79 Å². The molecule has 1 atom stereocenters. The normalized spacial score (nSPS) is 18.8. The van der Waals surface area contributed by atoms with E-state index in [1.54, 1.807) is 5.01 Å². The summed E-state index contributed by atoms with van der Waals surface area (Å²) in [6.45, 7) is 3.48. The largest absolute Gasteiger partial charge is 0.293 e. The van der Waals surface area contributed by atoms with E-state index in [2.05, 4.69) is 11.2 Å². The van der Waals surface area contributed by atoms with Crippen molar-refractivity contribution in [3.05, 3.63) is 29.8 Å². The Morgan fingerprint density at radius 1 is 1.47 bits per heavy atom. The average molecular weight is 227 g/mol. The number of hydrogen-bond donors (Lipinski definition) is 0. The highest BCUT2D eigenvalue weighted by molar-refractivity contribution is 6.39. The molecule has 0 bridgehead atoms. The molecule has 4 heteroatoms. The molecular formula is C13H13N3O. The van der Waals surface area contributed by atoms with Gasteiger partial charge in [-0.25, -0.2) is 5.01 Å². The lowest BCUT2D eigenvalue weighted by Crippen LogP contribution is -2.24. The van der Waals surface area contributed by atoms with E-state index < -0.39 is 0 Å². The molecule has 4 nitrogen and oxygen atoms in total. The third kappa shape index (κ3) is 2.18. The molecule has 0 saturated heterocycles. The van der Waals surface area contributed by atoms with Gasteiger partial charge in [-0.05, 0) is 19.1 Å². The first kappa shape index (κ1) is 11.3. The van der Waals surface area contributed by atoms with Crippen LogP contribution in [0.2, 0.25) is 0 Å². The molecule has 0 spiro atoms. The third-order valence-corrected chi connectivity index (χ3v) is 2.76. The van der Waals surface area contributed by atoms with Gasteiger partial charge in [0.05, 0.1) is 11.8 Å². The zero-order valence-corrected chi connectivity index (χ0v) is 9.84. The van der Waals surface area contributed by atoms with Crippen molar-refractivity contribution in [1.29, 1.82) is 5.26 Å². The van der Waals surface area contributed by atoms with Crippen LogP contribution in [0.15, 0.2) is 29.4 Å². The molecule has 1 unspecified atom stereocenters. The van der Waals surface area contributed by atoms with Crippen LogP contribution in [0, 0.1) is 18.3 Å². The molecule has 0 saturated carbocycles. The maximum absolute atomic E-state index is 11.3. The smallest absolute Gasteiger partial charge is 0.175 e. The maximum atomic E-state index is 11.3. The molecule has 1 aromatic rings. The summed E-state index contributed by atoms with van der Waals surface area (Å²) in [5, 5.41) is 14.9. The van der Waals surface area contributed by atoms with Gasteiger partial charge in [-0.2, -0.15) is 10.4 Å². The minimum Gasteiger partial charge on any atom is -0.293 e. The molecule has 0 aromatic heterocycles. The second-order valence-corrected chi connectivity index (χ2v) is 4.13. The molecule has 1 aliphatic heterocycles. The fourth-order valence-electron chi connectivity index (χ4n) is 1.76. The Morgan fingerprint density at radius 2 is 2.12 bits per heavy atom. The van der Waals surface area contributed by atoms with E-state index in [4.69, 9.17) is 5.26 Å². The second kappa shape index (κ2) is 4.38. The number of Topliss-reactive ketones (excluding diaryl/α,β-unsaturated/α-hetero) is 1. The number of carbonyl (C=O) groups is 1. The quantitative estimate of drug-likeness (QED) is 0.776. The van der Waals surface area contributed by atoms with Crippen LogP contribution in [-0.4, -0.2) is 17.5 Å². The number of nitriles is 1. The Balaban J connectivity index is 2.33. The van der Waals surface area contributed by atoms with Crippen LogP contribution in [0.25, 0.3) is 0 Å². The van der Waals surface area contributed by atoms with Crippen LogP contribution in [0.3, 0.4) is 0 Å². The van der Waals surface area contributed by atoms with Crippen LogP contribution >= 0.6 is 0 Å². The molecule has 0 radical (unpaired) electrons. The molecule has 0 amide bonds. The predicted molar refractivity (Wildman–Crippen MR) is 65.8 cm³/mol. The van der Waals surface area contributed by atoms with Gasteiger partial charge in [-0.1, -0.05) is 17.7 Å². The fourth-order valence-corrected chi connectivity index (χ4v) is 1.76. The highest BCUT2D eigenvalue weighted by Crippen LogP contribution is 2.24. The zero-order valence-electron chi connectivity index (χ0n) is 9.84. The number of ketones is 1. The van der Waals surface area contributed by atoms with Crippen molar-refractivity contribution in [1.82, 2.24) is 0 Å². The molecule has 1 aliphatic rings. The lowest BCUT2D eigenvalue weighted by Gasteiger charge is -2.17. The number of hydrazone groups is 1. The summed E-state index contributed by atoms with van der Waals surface area (Å²) in [6, 6.07) is 9.54. The summed E-state index contributed by atoms with van der Waals surface area (Å²) in [7, 11) is 0. The van der Waals surface area contributed by atoms with E-state index >= 15 is 0 Å². The lowest BCUT2D eigenvalue weighted by atomic mass is 10.1. The molecule has 2 rings (SSSR count). The Kier molecular flexibility index (Phi) is 2.92. The van der Waals surface area contributed by atoms with Crippen molar-refractivity contribution < 1.29 is 4.79 Å². The first-order valence-corrected chi connectivity index (χ1v) is 5.45. The van der Waals surface area contributed by atoms with Gasteiger partial charge in [0.25, 0.3) is 0 Å². The number of rotatable bonds is 2. The summed E-state index contributed by atoms with van der Waals surface area (Å²) < 4.78 is 0. The number of aryl methyl sites for hydroxylation is 1. The molecular weight excluding hydrogens is 214 g/mol. The van der Waals surface area contributed by atoms with Gasteiger partial charge in [0.15, 0.2) is 5.78 Å². The van der Waals surface area contributed by atoms with Crippen molar-refractivity contribution in [3.63, 3.8) is 0 Å². The number of benzene rings is 1. The number of nitrogens with zero attached hydrogens (tertiary/aromatic N) is 3. The molecule has 1 aromatic carbocycles. The fraction of sp³-hybridized carbons (Fsp3) is 0.308. The van der Waals surface area contributed by atoms with E-state index in [-0.39, 0.29) is 11.8 Å². The topological polar surface area (TPSA) is 56.5 Å². The minimum atomic E-state index is -0.378. The zero-order chi connectivity index (χ0) is 12.4. The van der Waals surface area contributed by atoms with Crippen molar-refractivity contribution in [2.45, 2.75) is 26.3 Å². The highest BCUT2D eigenvalue weighted by Gasteiger charge is 2.29. The summed E-state index contributed by atoms with van der Waals surface area (Å²) in [5.74, 6) is -0.0696. The van der Waals surface area contributed by atoms with Crippen molar-refractivity contribution in [2.24, 2.45) is 5.10 Å². The van der Waals surface area contributed by atoms with E-state index in [0.717, 1.165) is 11.3 Å². The standard InChI is InChI=1S/C13H13N3O/c1-9-3-5-11(6-4-9)16-12(8-14)7-13(15-16)10(2)17/h3-6,12H,7H2,1-2H3. The average Bonchev–Trinajstić information content (AvgIpc) is 2.74.